The molecule has 0 radical (unpaired) electrons. The van der Waals surface area contributed by atoms with Crippen LogP contribution in [0.5, 0.6) is 0 Å². The van der Waals surface area contributed by atoms with Crippen molar-refractivity contribution < 1.29 is 35.7 Å². The van der Waals surface area contributed by atoms with Crippen LogP contribution in [0.3, 0.4) is 0 Å². The molecule has 16 heavy (non-hydrogen) atoms. The van der Waals surface area contributed by atoms with Crippen LogP contribution in [-0.2, 0) is 28.2 Å². The molecule has 0 atom stereocenters. The summed E-state index contributed by atoms with van der Waals surface area (Å²) in [4.78, 5) is 8.63. The zero-order chi connectivity index (χ0) is 13.2. The molecule has 0 unspecified atom stereocenters. The fraction of sp³-hybridized carbons (Fsp3) is 1.00. The van der Waals surface area contributed by atoms with E-state index in [4.69, 9.17) is 9.45 Å². The van der Waals surface area contributed by atoms with E-state index in [9.17, 15) is 13.0 Å². The second-order valence-electron chi connectivity index (χ2n) is 2.14. The molecule has 0 bridgehead atoms. The molecule has 0 aliphatic carbocycles. The molecule has 0 aromatic heterocycles. The van der Waals surface area contributed by atoms with Crippen LogP contribution < -0.4 is 0 Å². The summed E-state index contributed by atoms with van der Waals surface area (Å²) < 4.78 is 49.9. The molecule has 8 nitrogen and oxygen atoms in total. The van der Waals surface area contributed by atoms with Crippen molar-refractivity contribution >= 4 is 18.2 Å². The second kappa shape index (κ2) is 9.06. The van der Waals surface area contributed by atoms with Crippen molar-refractivity contribution in [2.75, 3.05) is 19.8 Å². The van der Waals surface area contributed by atoms with Crippen molar-refractivity contribution in [2.45, 2.75) is 20.8 Å². The summed E-state index contributed by atoms with van der Waals surface area (Å²) >= 11 is 0. The van der Waals surface area contributed by atoms with Crippen molar-refractivity contribution in [1.82, 2.24) is 0 Å². The van der Waals surface area contributed by atoms with Crippen molar-refractivity contribution in [1.29, 1.82) is 0 Å². The molecule has 0 aromatic rings. The average molecular weight is 280 g/mol. The Morgan fingerprint density at radius 3 is 1.56 bits per heavy atom. The standard InChI is InChI=1S/C4H11O4P.C2H6O4S/c1-3-7-9(5,6)8-4-2;1-2-6-7(3,4)5/h3-4H2,1-2H3,(H,5,6);2H2,1H3,(H,3,4,5). The first-order valence-electron chi connectivity index (χ1n) is 4.42. The number of rotatable bonds is 6. The van der Waals surface area contributed by atoms with E-state index < -0.39 is 18.2 Å². The van der Waals surface area contributed by atoms with E-state index >= 15 is 0 Å². The van der Waals surface area contributed by atoms with Crippen molar-refractivity contribution in [3.05, 3.63) is 0 Å². The highest BCUT2D eigenvalue weighted by atomic mass is 32.3. The molecule has 0 spiro atoms. The maximum absolute atomic E-state index is 10.5. The highest BCUT2D eigenvalue weighted by Gasteiger charge is 2.17. The minimum Gasteiger partial charge on any atom is -0.302 e. The first kappa shape index (κ1) is 18.3. The Morgan fingerprint density at radius 1 is 1.06 bits per heavy atom. The minimum atomic E-state index is -4.17. The Labute approximate surface area is 95.1 Å². The summed E-state index contributed by atoms with van der Waals surface area (Å²) in [7, 11) is -7.87. The second-order valence-corrected chi connectivity index (χ2v) is 4.68. The fourth-order valence-electron chi connectivity index (χ4n) is 0.512. The van der Waals surface area contributed by atoms with Crippen molar-refractivity contribution in [3.63, 3.8) is 0 Å². The molecule has 0 rings (SSSR count). The Hall–Kier alpha value is -0.0200. The highest BCUT2D eigenvalue weighted by molar-refractivity contribution is 7.80. The monoisotopic (exact) mass is 280 g/mol. The lowest BCUT2D eigenvalue weighted by molar-refractivity contribution is 0.161. The topological polar surface area (TPSA) is 119 Å². The van der Waals surface area contributed by atoms with Crippen LogP contribution in [-0.4, -0.2) is 37.7 Å². The van der Waals surface area contributed by atoms with Gasteiger partial charge in [0, 0.05) is 0 Å². The van der Waals surface area contributed by atoms with Gasteiger partial charge in [0.1, 0.15) is 0 Å². The van der Waals surface area contributed by atoms with E-state index in [-0.39, 0.29) is 19.8 Å². The molecule has 2 N–H and O–H groups in total. The van der Waals surface area contributed by atoms with Crippen LogP contribution in [0.15, 0.2) is 0 Å². The maximum atomic E-state index is 10.5. The highest BCUT2D eigenvalue weighted by Crippen LogP contribution is 2.42. The van der Waals surface area contributed by atoms with Crippen LogP contribution in [0.1, 0.15) is 20.8 Å². The quantitative estimate of drug-likeness (QED) is 0.546. The van der Waals surface area contributed by atoms with E-state index in [2.05, 4.69) is 13.2 Å². The number of hydrogen-bond acceptors (Lipinski definition) is 6. The van der Waals surface area contributed by atoms with Gasteiger partial charge in [-0.2, -0.15) is 8.42 Å². The Balaban J connectivity index is 0. The molecule has 0 heterocycles. The minimum absolute atomic E-state index is 0.0289. The summed E-state index contributed by atoms with van der Waals surface area (Å²) in [5.74, 6) is 0. The third-order valence-corrected chi connectivity index (χ3v) is 2.55. The molecule has 0 aliphatic heterocycles. The van der Waals surface area contributed by atoms with Gasteiger partial charge in [0.15, 0.2) is 0 Å². The maximum Gasteiger partial charge on any atom is 0.472 e. The lowest BCUT2D eigenvalue weighted by atomic mass is 10.9. The molecular weight excluding hydrogens is 263 g/mol. The summed E-state index contributed by atoms with van der Waals surface area (Å²) in [6, 6.07) is 0. The smallest absolute Gasteiger partial charge is 0.302 e. The Morgan fingerprint density at radius 2 is 1.44 bits per heavy atom. The van der Waals surface area contributed by atoms with E-state index in [1.54, 1.807) is 13.8 Å². The Bertz CT molecular complexity index is 290. The molecule has 0 fully saturated rings. The van der Waals surface area contributed by atoms with Gasteiger partial charge in [-0.3, -0.25) is 13.6 Å². The molecule has 10 heteroatoms. The van der Waals surface area contributed by atoms with Gasteiger partial charge in [0.2, 0.25) is 0 Å². The first-order chi connectivity index (χ1) is 7.18. The van der Waals surface area contributed by atoms with Crippen LogP contribution in [0.2, 0.25) is 0 Å². The number of hydrogen-bond donors (Lipinski definition) is 2. The fourth-order valence-corrected chi connectivity index (χ4v) is 1.54. The van der Waals surface area contributed by atoms with Gasteiger partial charge in [0.25, 0.3) is 0 Å². The molecule has 0 amide bonds. The van der Waals surface area contributed by atoms with Crippen LogP contribution in [0.25, 0.3) is 0 Å². The molecule has 0 aromatic carbocycles. The van der Waals surface area contributed by atoms with Crippen LogP contribution in [0.4, 0.5) is 0 Å². The molecule has 0 saturated heterocycles. The van der Waals surface area contributed by atoms with Crippen LogP contribution >= 0.6 is 7.82 Å². The Kier molecular flexibility index (Phi) is 10.4. The van der Waals surface area contributed by atoms with Gasteiger partial charge in [-0.1, -0.05) is 0 Å². The third-order valence-electron chi connectivity index (χ3n) is 0.851. The van der Waals surface area contributed by atoms with E-state index in [0.29, 0.717) is 0 Å². The molecular formula is C6H17O8PS. The van der Waals surface area contributed by atoms with Gasteiger partial charge in [-0.15, -0.1) is 0 Å². The van der Waals surface area contributed by atoms with E-state index in [1.807, 2.05) is 0 Å². The van der Waals surface area contributed by atoms with Crippen molar-refractivity contribution in [2.24, 2.45) is 0 Å². The van der Waals surface area contributed by atoms with Crippen LogP contribution in [0, 0.1) is 0 Å². The van der Waals surface area contributed by atoms with Crippen molar-refractivity contribution in [3.8, 4) is 0 Å². The van der Waals surface area contributed by atoms with Gasteiger partial charge >= 0.3 is 18.2 Å². The summed E-state index contributed by atoms with van der Waals surface area (Å²) in [5, 5.41) is 0. The first-order valence-corrected chi connectivity index (χ1v) is 7.28. The SMILES string of the molecule is CCOP(=O)(O)OCC.CCOS(=O)(=O)O. The average Bonchev–Trinajstić information content (AvgIpc) is 2.01. The zero-order valence-electron chi connectivity index (χ0n) is 9.32. The third kappa shape index (κ3) is 16.4. The largest absolute Gasteiger partial charge is 0.472 e. The lowest BCUT2D eigenvalue weighted by Crippen LogP contribution is -2.01. The molecule has 0 aliphatic rings. The number of phosphoric ester groups is 1. The zero-order valence-corrected chi connectivity index (χ0v) is 11.0. The van der Waals surface area contributed by atoms with Gasteiger partial charge in [0.05, 0.1) is 19.8 Å². The summed E-state index contributed by atoms with van der Waals surface area (Å²) in [5.41, 5.74) is 0. The van der Waals surface area contributed by atoms with Gasteiger partial charge in [-0.25, -0.2) is 8.75 Å². The predicted octanol–water partition coefficient (Wildman–Crippen LogP) is 0.986. The van der Waals surface area contributed by atoms with E-state index in [0.717, 1.165) is 0 Å². The molecule has 100 valence electrons. The van der Waals surface area contributed by atoms with Gasteiger partial charge in [-0.05, 0) is 20.8 Å². The summed E-state index contributed by atoms with van der Waals surface area (Å²) in [6.45, 7) is 5.07. The van der Waals surface area contributed by atoms with E-state index in [1.165, 1.54) is 6.92 Å². The number of phosphoric acid groups is 1. The molecule has 0 saturated carbocycles. The normalized spacial score (nSPS) is 11.8. The lowest BCUT2D eigenvalue weighted by Gasteiger charge is -2.07. The van der Waals surface area contributed by atoms with Gasteiger partial charge < -0.3 is 4.89 Å². The predicted molar refractivity (Wildman–Crippen MR) is 56.3 cm³/mol. The summed E-state index contributed by atoms with van der Waals surface area (Å²) in [6.07, 6.45) is 0.